The van der Waals surface area contributed by atoms with E-state index in [0.29, 0.717) is 17.8 Å². The van der Waals surface area contributed by atoms with Gasteiger partial charge in [-0.3, -0.25) is 9.20 Å². The second kappa shape index (κ2) is 4.74. The van der Waals surface area contributed by atoms with Crippen molar-refractivity contribution in [2.45, 2.75) is 13.3 Å². The maximum Gasteiger partial charge on any atom is 0.231 e. The molecule has 1 aliphatic rings. The van der Waals surface area contributed by atoms with Crippen molar-refractivity contribution in [2.24, 2.45) is 5.18 Å². The molecule has 0 spiro atoms. The lowest BCUT2D eigenvalue weighted by Gasteiger charge is -2.10. The van der Waals surface area contributed by atoms with Gasteiger partial charge < -0.3 is 4.90 Å². The summed E-state index contributed by atoms with van der Waals surface area (Å²) in [4.78, 5) is 29.4. The fourth-order valence-electron chi connectivity index (χ4n) is 3.09. The maximum atomic E-state index is 11.8. The lowest BCUT2D eigenvalue weighted by atomic mass is 10.1. The van der Waals surface area contributed by atoms with E-state index in [-0.39, 0.29) is 11.7 Å². The van der Waals surface area contributed by atoms with Crippen LogP contribution in [0.15, 0.2) is 41.7 Å². The number of amides is 1. The van der Waals surface area contributed by atoms with Crippen molar-refractivity contribution in [2.75, 3.05) is 11.9 Å². The Morgan fingerprint density at radius 2 is 2.09 bits per heavy atom. The van der Waals surface area contributed by atoms with E-state index < -0.39 is 0 Å². The molecule has 0 fully saturated rings. The highest BCUT2D eigenvalue weighted by Gasteiger charge is 2.25. The number of nitroso groups, excluding NO2 is 1. The summed E-state index contributed by atoms with van der Waals surface area (Å²) in [5, 5.41) is 3.17. The highest BCUT2D eigenvalue weighted by Crippen LogP contribution is 2.36. The first-order valence-electron chi connectivity index (χ1n) is 7.31. The van der Waals surface area contributed by atoms with Gasteiger partial charge in [-0.05, 0) is 41.4 Å². The number of likely N-dealkylation sites (N-methyl/N-ethyl adjacent to an activating group) is 1. The van der Waals surface area contributed by atoms with E-state index in [0.717, 1.165) is 22.4 Å². The fraction of sp³-hybridized carbons (Fsp3) is 0.176. The third-order valence-electron chi connectivity index (χ3n) is 4.34. The van der Waals surface area contributed by atoms with E-state index in [1.165, 1.54) is 0 Å². The first-order valence-corrected chi connectivity index (χ1v) is 7.31. The molecule has 4 rings (SSSR count). The van der Waals surface area contributed by atoms with Crippen LogP contribution in [0.4, 0.5) is 11.5 Å². The van der Waals surface area contributed by atoms with E-state index in [2.05, 4.69) is 10.2 Å². The van der Waals surface area contributed by atoms with Crippen molar-refractivity contribution in [1.82, 2.24) is 9.38 Å². The van der Waals surface area contributed by atoms with Gasteiger partial charge in [-0.1, -0.05) is 12.1 Å². The molecule has 0 saturated heterocycles. The van der Waals surface area contributed by atoms with E-state index in [4.69, 9.17) is 0 Å². The van der Waals surface area contributed by atoms with E-state index in [9.17, 15) is 9.70 Å². The molecule has 1 aliphatic heterocycles. The fourth-order valence-corrected chi connectivity index (χ4v) is 3.09. The molecule has 2 aromatic heterocycles. The van der Waals surface area contributed by atoms with Gasteiger partial charge >= 0.3 is 0 Å². The molecule has 3 aromatic rings. The molecule has 114 valence electrons. The molecule has 0 aliphatic carbocycles. The molecule has 0 atom stereocenters. The van der Waals surface area contributed by atoms with Gasteiger partial charge in [0.15, 0.2) is 0 Å². The number of pyridine rings is 1. The van der Waals surface area contributed by atoms with Crippen LogP contribution in [0, 0.1) is 11.8 Å². The van der Waals surface area contributed by atoms with Gasteiger partial charge in [0.1, 0.15) is 11.3 Å². The van der Waals surface area contributed by atoms with Gasteiger partial charge in [-0.15, -0.1) is 4.91 Å². The smallest absolute Gasteiger partial charge is 0.231 e. The second-order valence-electron chi connectivity index (χ2n) is 5.73. The summed E-state index contributed by atoms with van der Waals surface area (Å²) in [6.07, 6.45) is 2.15. The zero-order chi connectivity index (χ0) is 16.1. The highest BCUT2D eigenvalue weighted by molar-refractivity contribution is 6.01. The number of nitrogens with zero attached hydrogens (tertiary/aromatic N) is 4. The minimum absolute atomic E-state index is 0.0664. The number of anilines is 1. The third kappa shape index (κ3) is 1.88. The van der Waals surface area contributed by atoms with Gasteiger partial charge in [0.25, 0.3) is 0 Å². The molecule has 0 saturated carbocycles. The summed E-state index contributed by atoms with van der Waals surface area (Å²) in [5.41, 5.74) is 4.87. The lowest BCUT2D eigenvalue weighted by molar-refractivity contribution is -0.117. The second-order valence-corrected chi connectivity index (χ2v) is 5.73. The predicted octanol–water partition coefficient (Wildman–Crippen LogP) is 3.23. The molecule has 6 nitrogen and oxygen atoms in total. The number of rotatable bonds is 2. The number of hydrogen-bond donors (Lipinski definition) is 0. The molecule has 1 aromatic carbocycles. The monoisotopic (exact) mass is 306 g/mol. The van der Waals surface area contributed by atoms with Crippen LogP contribution in [0.3, 0.4) is 0 Å². The zero-order valence-electron chi connectivity index (χ0n) is 12.8. The summed E-state index contributed by atoms with van der Waals surface area (Å²) in [6.45, 7) is 1.94. The summed E-state index contributed by atoms with van der Waals surface area (Å²) in [6, 6.07) is 9.49. The highest BCUT2D eigenvalue weighted by atomic mass is 16.3. The van der Waals surface area contributed by atoms with Crippen molar-refractivity contribution < 1.29 is 4.79 Å². The van der Waals surface area contributed by atoms with Crippen molar-refractivity contribution in [1.29, 1.82) is 0 Å². The Morgan fingerprint density at radius 1 is 1.26 bits per heavy atom. The molecular weight excluding hydrogens is 292 g/mol. The average molecular weight is 306 g/mol. The standard InChI is InChI=1S/C17H14N4O2/c1-10-4-3-7-21-16(10)18-15(17(21)19-23)11-5-6-13-12(8-11)9-14(22)20(13)2/h3-8H,9H2,1-2H3. The van der Waals surface area contributed by atoms with Crippen molar-refractivity contribution in [3.05, 3.63) is 52.6 Å². The van der Waals surface area contributed by atoms with Crippen molar-refractivity contribution in [3.63, 3.8) is 0 Å². The Balaban J connectivity index is 1.94. The first-order chi connectivity index (χ1) is 11.1. The Morgan fingerprint density at radius 3 is 2.87 bits per heavy atom. The van der Waals surface area contributed by atoms with Crippen LogP contribution in [0.2, 0.25) is 0 Å². The van der Waals surface area contributed by atoms with Crippen LogP contribution in [0.25, 0.3) is 16.9 Å². The number of fused-ring (bicyclic) bond motifs is 2. The Hall–Kier alpha value is -3.02. The minimum Gasteiger partial charge on any atom is -0.315 e. The SMILES string of the molecule is Cc1cccn2c(N=O)c(-c3ccc4c(c3)CC(=O)N4C)nc12. The van der Waals surface area contributed by atoms with Crippen LogP contribution in [0.5, 0.6) is 0 Å². The maximum absolute atomic E-state index is 11.8. The van der Waals surface area contributed by atoms with Crippen LogP contribution in [-0.2, 0) is 11.2 Å². The lowest BCUT2D eigenvalue weighted by Crippen LogP contribution is -2.20. The van der Waals surface area contributed by atoms with E-state index >= 15 is 0 Å². The number of carbonyl (C=O) groups is 1. The van der Waals surface area contributed by atoms with Crippen LogP contribution < -0.4 is 4.90 Å². The number of aryl methyl sites for hydroxylation is 1. The normalized spacial score (nSPS) is 13.7. The molecule has 3 heterocycles. The first kappa shape index (κ1) is 13.6. The summed E-state index contributed by atoms with van der Waals surface area (Å²) in [5.74, 6) is 0.345. The van der Waals surface area contributed by atoms with E-state index in [1.54, 1.807) is 22.5 Å². The summed E-state index contributed by atoms with van der Waals surface area (Å²) >= 11 is 0. The number of aromatic nitrogens is 2. The number of benzene rings is 1. The minimum atomic E-state index is 0.0664. The molecule has 0 bridgehead atoms. The Labute approximate surface area is 132 Å². The number of carbonyl (C=O) groups excluding carboxylic acids is 1. The quantitative estimate of drug-likeness (QED) is 0.683. The molecule has 1 amide bonds. The zero-order valence-corrected chi connectivity index (χ0v) is 12.8. The van der Waals surface area contributed by atoms with Gasteiger partial charge in [-0.2, -0.15) is 0 Å². The van der Waals surface area contributed by atoms with Crippen LogP contribution in [-0.4, -0.2) is 22.3 Å². The molecule has 0 radical (unpaired) electrons. The summed E-state index contributed by atoms with van der Waals surface area (Å²) < 4.78 is 1.70. The molecule has 6 heteroatoms. The summed E-state index contributed by atoms with van der Waals surface area (Å²) in [7, 11) is 1.76. The largest absolute Gasteiger partial charge is 0.315 e. The number of imidazole rings is 1. The average Bonchev–Trinajstić information content (AvgIpc) is 3.06. The molecule has 0 N–H and O–H groups in total. The number of hydrogen-bond acceptors (Lipinski definition) is 4. The predicted molar refractivity (Wildman–Crippen MR) is 87.9 cm³/mol. The van der Waals surface area contributed by atoms with E-state index in [1.807, 2.05) is 37.3 Å². The van der Waals surface area contributed by atoms with Crippen molar-refractivity contribution >= 4 is 23.1 Å². The van der Waals surface area contributed by atoms with Gasteiger partial charge in [0.2, 0.25) is 11.7 Å². The topological polar surface area (TPSA) is 67.0 Å². The van der Waals surface area contributed by atoms with Crippen LogP contribution >= 0.6 is 0 Å². The Kier molecular flexibility index (Phi) is 2.81. The molecular formula is C17H14N4O2. The van der Waals surface area contributed by atoms with Crippen molar-refractivity contribution in [3.8, 4) is 11.3 Å². The Bertz CT molecular complexity index is 974. The van der Waals surface area contributed by atoms with Gasteiger partial charge in [-0.25, -0.2) is 4.98 Å². The van der Waals surface area contributed by atoms with Gasteiger partial charge in [0, 0.05) is 24.5 Å². The van der Waals surface area contributed by atoms with Gasteiger partial charge in [0.05, 0.1) is 6.42 Å². The molecule has 0 unspecified atom stereocenters. The van der Waals surface area contributed by atoms with Crippen LogP contribution in [0.1, 0.15) is 11.1 Å². The molecule has 23 heavy (non-hydrogen) atoms. The third-order valence-corrected chi connectivity index (χ3v) is 4.34.